The third kappa shape index (κ3) is 3.54. The Kier molecular flexibility index (Phi) is 4.49. The molecular weight excluding hydrogens is 433 g/mol. The number of halogens is 1. The third-order valence-electron chi connectivity index (χ3n) is 5.62. The van der Waals surface area contributed by atoms with Crippen LogP contribution in [0.4, 0.5) is 4.39 Å². The van der Waals surface area contributed by atoms with Gasteiger partial charge in [0.05, 0.1) is 5.69 Å². The minimum atomic E-state index is -0.473. The molecule has 0 saturated heterocycles. The molecule has 10 heteroatoms. The fraction of sp³-hybridized carbons (Fsp3) is 0.318. The van der Waals surface area contributed by atoms with Gasteiger partial charge in [0.1, 0.15) is 28.3 Å². The summed E-state index contributed by atoms with van der Waals surface area (Å²) in [7, 11) is 0. The molecule has 2 saturated carbocycles. The van der Waals surface area contributed by atoms with Crippen molar-refractivity contribution in [2.24, 2.45) is 0 Å². The van der Waals surface area contributed by atoms with E-state index in [1.165, 1.54) is 23.9 Å². The van der Waals surface area contributed by atoms with Crippen molar-refractivity contribution in [2.45, 2.75) is 48.4 Å². The normalized spacial score (nSPS) is 16.0. The van der Waals surface area contributed by atoms with Crippen molar-refractivity contribution in [2.75, 3.05) is 0 Å². The first kappa shape index (κ1) is 19.4. The summed E-state index contributed by atoms with van der Waals surface area (Å²) < 4.78 is 20.3. The molecule has 0 radical (unpaired) electrons. The maximum Gasteiger partial charge on any atom is 0.330 e. The molecule has 3 aromatic heterocycles. The molecule has 2 aliphatic rings. The molecule has 0 atom stereocenters. The van der Waals surface area contributed by atoms with Crippen LogP contribution in [0.3, 0.4) is 0 Å². The number of rotatable bonds is 6. The number of nitrogens with one attached hydrogen (secondary N) is 1. The third-order valence-corrected chi connectivity index (χ3v) is 6.63. The number of hydrogen-bond donors (Lipinski definition) is 1. The minimum Gasteiger partial charge on any atom is -0.444 e. The number of benzene rings is 1. The van der Waals surface area contributed by atoms with Crippen LogP contribution in [0.2, 0.25) is 0 Å². The average Bonchev–Trinajstić information content (AvgIpc) is 3.71. The number of fused-ring (bicyclic) bond motifs is 1. The topological polar surface area (TPSA) is 107 Å². The van der Waals surface area contributed by atoms with E-state index in [2.05, 4.69) is 19.9 Å². The number of nitrogens with zero attached hydrogens (tertiary/aromatic N) is 4. The van der Waals surface area contributed by atoms with Gasteiger partial charge in [-0.25, -0.2) is 24.1 Å². The van der Waals surface area contributed by atoms with Crippen LogP contribution in [-0.4, -0.2) is 24.5 Å². The van der Waals surface area contributed by atoms with Crippen LogP contribution in [0.5, 0.6) is 0 Å². The van der Waals surface area contributed by atoms with Crippen LogP contribution >= 0.6 is 11.8 Å². The second-order valence-electron chi connectivity index (χ2n) is 8.16. The average molecular weight is 451 g/mol. The Bertz CT molecular complexity index is 1450. The molecule has 0 aliphatic heterocycles. The molecule has 4 aromatic rings. The summed E-state index contributed by atoms with van der Waals surface area (Å²) in [5.41, 5.74) is 0.880. The first-order valence-electron chi connectivity index (χ1n) is 10.5. The zero-order valence-corrected chi connectivity index (χ0v) is 17.7. The molecule has 8 nitrogen and oxygen atoms in total. The van der Waals surface area contributed by atoms with Crippen molar-refractivity contribution in [3.8, 4) is 11.5 Å². The highest BCUT2D eigenvalue weighted by Crippen LogP contribution is 2.41. The van der Waals surface area contributed by atoms with Crippen molar-refractivity contribution in [1.82, 2.24) is 24.5 Å². The van der Waals surface area contributed by atoms with Crippen molar-refractivity contribution in [3.05, 3.63) is 68.7 Å². The Balaban J connectivity index is 1.36. The maximum absolute atomic E-state index is 13.2. The van der Waals surface area contributed by atoms with E-state index in [9.17, 15) is 14.0 Å². The highest BCUT2D eigenvalue weighted by atomic mass is 32.2. The van der Waals surface area contributed by atoms with Crippen molar-refractivity contribution < 1.29 is 8.81 Å². The van der Waals surface area contributed by atoms with Gasteiger partial charge >= 0.3 is 5.69 Å². The van der Waals surface area contributed by atoms with E-state index in [0.29, 0.717) is 44.8 Å². The van der Waals surface area contributed by atoms with Crippen LogP contribution in [0.1, 0.15) is 49.2 Å². The van der Waals surface area contributed by atoms with Gasteiger partial charge in [0.25, 0.3) is 5.56 Å². The molecule has 1 aromatic carbocycles. The van der Waals surface area contributed by atoms with Crippen LogP contribution in [0.15, 0.2) is 49.6 Å². The standard InChI is InChI=1S/C22H18FN5O3S/c23-13-5-3-12(4-6-13)20-24-14(9-31-20)10-32-21-16-18(25-17(26-21)11-1-2-11)28(15-7-8-15)22(30)27-19(16)29/h3-6,9,11,15H,1-2,7-8,10H2,(H,27,29,30). The quantitative estimate of drug-likeness (QED) is 0.351. The molecule has 1 N–H and O–H groups in total. The van der Waals surface area contributed by atoms with Gasteiger partial charge in [-0.05, 0) is 49.9 Å². The predicted molar refractivity (Wildman–Crippen MR) is 116 cm³/mol. The first-order valence-corrected chi connectivity index (χ1v) is 11.4. The Labute approximate surface area is 184 Å². The second kappa shape index (κ2) is 7.40. The molecule has 3 heterocycles. The monoisotopic (exact) mass is 451 g/mol. The van der Waals surface area contributed by atoms with Gasteiger partial charge in [-0.15, -0.1) is 0 Å². The lowest BCUT2D eigenvalue weighted by atomic mass is 10.2. The van der Waals surface area contributed by atoms with Crippen molar-refractivity contribution in [1.29, 1.82) is 0 Å². The van der Waals surface area contributed by atoms with E-state index < -0.39 is 11.2 Å². The zero-order chi connectivity index (χ0) is 21.8. The van der Waals surface area contributed by atoms with Crippen molar-refractivity contribution >= 4 is 22.8 Å². The Hall–Kier alpha value is -3.27. The Morgan fingerprint density at radius 2 is 1.88 bits per heavy atom. The number of aromatic amines is 1. The lowest BCUT2D eigenvalue weighted by molar-refractivity contribution is 0.573. The first-order chi connectivity index (χ1) is 15.6. The van der Waals surface area contributed by atoms with E-state index in [-0.39, 0.29) is 17.8 Å². The van der Waals surface area contributed by atoms with Gasteiger partial charge in [-0.1, -0.05) is 11.8 Å². The smallest absolute Gasteiger partial charge is 0.330 e. The van der Waals surface area contributed by atoms with E-state index >= 15 is 0 Å². The molecule has 0 amide bonds. The number of aromatic nitrogens is 5. The van der Waals surface area contributed by atoms with E-state index in [4.69, 9.17) is 4.42 Å². The molecule has 2 fully saturated rings. The summed E-state index contributed by atoms with van der Waals surface area (Å²) in [6.07, 6.45) is 5.36. The molecule has 0 spiro atoms. The highest BCUT2D eigenvalue weighted by Gasteiger charge is 2.32. The fourth-order valence-corrected chi connectivity index (χ4v) is 4.58. The Morgan fingerprint density at radius 1 is 1.09 bits per heavy atom. The van der Waals surface area contributed by atoms with Gasteiger partial charge in [0, 0.05) is 23.3 Å². The van der Waals surface area contributed by atoms with E-state index in [1.807, 2.05) is 0 Å². The highest BCUT2D eigenvalue weighted by molar-refractivity contribution is 7.98. The number of thioether (sulfide) groups is 1. The second-order valence-corrected chi connectivity index (χ2v) is 9.12. The molecule has 2 aliphatic carbocycles. The van der Waals surface area contributed by atoms with Crippen molar-refractivity contribution in [3.63, 3.8) is 0 Å². The number of hydrogen-bond acceptors (Lipinski definition) is 7. The molecule has 162 valence electrons. The Morgan fingerprint density at radius 3 is 2.59 bits per heavy atom. The summed E-state index contributed by atoms with van der Waals surface area (Å²) in [6, 6.07) is 6.00. The largest absolute Gasteiger partial charge is 0.444 e. The lowest BCUT2D eigenvalue weighted by Gasteiger charge is -2.11. The van der Waals surface area contributed by atoms with Crippen LogP contribution in [-0.2, 0) is 5.75 Å². The summed E-state index contributed by atoms with van der Waals surface area (Å²) in [6.45, 7) is 0. The summed E-state index contributed by atoms with van der Waals surface area (Å²) >= 11 is 1.37. The van der Waals surface area contributed by atoms with Gasteiger partial charge in [-0.2, -0.15) is 0 Å². The van der Waals surface area contributed by atoms with Gasteiger partial charge in [-0.3, -0.25) is 14.3 Å². The van der Waals surface area contributed by atoms with E-state index in [1.54, 1.807) is 23.0 Å². The molecule has 32 heavy (non-hydrogen) atoms. The zero-order valence-electron chi connectivity index (χ0n) is 16.9. The molecule has 6 rings (SSSR count). The summed E-state index contributed by atoms with van der Waals surface area (Å²) in [5, 5.41) is 0.882. The lowest BCUT2D eigenvalue weighted by Crippen LogP contribution is -2.31. The van der Waals surface area contributed by atoms with Crippen LogP contribution in [0.25, 0.3) is 22.5 Å². The molecular formula is C22H18FN5O3S. The molecule has 0 unspecified atom stereocenters. The summed E-state index contributed by atoms with van der Waals surface area (Å²) in [4.78, 5) is 41.4. The summed E-state index contributed by atoms with van der Waals surface area (Å²) in [5.74, 6) is 1.45. The van der Waals surface area contributed by atoms with E-state index in [0.717, 1.165) is 25.7 Å². The van der Waals surface area contributed by atoms with Crippen LogP contribution in [0, 0.1) is 5.82 Å². The minimum absolute atomic E-state index is 0.0791. The van der Waals surface area contributed by atoms with Gasteiger partial charge in [0.2, 0.25) is 5.89 Å². The number of oxazole rings is 1. The SMILES string of the molecule is O=c1[nH]c(=O)n(C2CC2)c2nc(C3CC3)nc(SCc3coc(-c4ccc(F)cc4)n3)c12. The number of H-pyrrole nitrogens is 1. The van der Waals surface area contributed by atoms with Gasteiger partial charge < -0.3 is 4.42 Å². The van der Waals surface area contributed by atoms with Gasteiger partial charge in [0.15, 0.2) is 5.65 Å². The van der Waals surface area contributed by atoms with Crippen LogP contribution < -0.4 is 11.2 Å². The molecule has 0 bridgehead atoms. The maximum atomic E-state index is 13.2. The predicted octanol–water partition coefficient (Wildman–Crippen LogP) is 3.78. The fourth-order valence-electron chi connectivity index (χ4n) is 3.67.